The van der Waals surface area contributed by atoms with Gasteiger partial charge in [-0.1, -0.05) is 27.2 Å². The molecule has 0 N–H and O–H groups in total. The van der Waals surface area contributed by atoms with Gasteiger partial charge in [0.25, 0.3) is 0 Å². The summed E-state index contributed by atoms with van der Waals surface area (Å²) in [5.41, 5.74) is 0.448. The van der Waals surface area contributed by atoms with Crippen molar-refractivity contribution in [2.45, 2.75) is 59.9 Å². The Hall–Kier alpha value is -0.160. The Labute approximate surface area is 144 Å². The summed E-state index contributed by atoms with van der Waals surface area (Å²) in [6.45, 7) is 20.4. The zero-order chi connectivity index (χ0) is 17.1. The van der Waals surface area contributed by atoms with Gasteiger partial charge in [0.05, 0.1) is 19.8 Å². The molecule has 0 aromatic carbocycles. The summed E-state index contributed by atoms with van der Waals surface area (Å²) in [6, 6.07) is 0.675. The first-order valence-electron chi connectivity index (χ1n) is 9.50. The predicted molar refractivity (Wildman–Crippen MR) is 98.1 cm³/mol. The number of hydrogen-bond acceptors (Lipinski definition) is 4. The third-order valence-corrected chi connectivity index (χ3v) is 4.53. The van der Waals surface area contributed by atoms with Crippen molar-refractivity contribution in [3.05, 3.63) is 0 Å². The van der Waals surface area contributed by atoms with Gasteiger partial charge in [0, 0.05) is 45.4 Å². The van der Waals surface area contributed by atoms with Gasteiger partial charge in [-0.25, -0.2) is 0 Å². The third kappa shape index (κ3) is 11.1. The molecule has 0 aromatic rings. The third-order valence-electron chi connectivity index (χ3n) is 4.53. The molecular formula is C19H40N2O2. The minimum absolute atomic E-state index is 0.448. The van der Waals surface area contributed by atoms with Gasteiger partial charge in [0.2, 0.25) is 0 Å². The largest absolute Gasteiger partial charge is 0.379 e. The van der Waals surface area contributed by atoms with Crippen LogP contribution < -0.4 is 0 Å². The molecule has 0 saturated carbocycles. The highest BCUT2D eigenvalue weighted by Crippen LogP contribution is 2.21. The Morgan fingerprint density at radius 2 is 1.43 bits per heavy atom. The van der Waals surface area contributed by atoms with Gasteiger partial charge >= 0.3 is 0 Å². The van der Waals surface area contributed by atoms with E-state index >= 15 is 0 Å². The van der Waals surface area contributed by atoms with E-state index in [-0.39, 0.29) is 0 Å². The normalized spacial score (nSPS) is 18.0. The van der Waals surface area contributed by atoms with E-state index in [1.54, 1.807) is 0 Å². The molecule has 1 rings (SSSR count). The fourth-order valence-electron chi connectivity index (χ4n) is 2.88. The molecule has 23 heavy (non-hydrogen) atoms. The van der Waals surface area contributed by atoms with Crippen LogP contribution in [0.2, 0.25) is 0 Å². The minimum atomic E-state index is 0.448. The number of nitrogens with zero attached hydrogens (tertiary/aromatic N) is 2. The zero-order valence-corrected chi connectivity index (χ0v) is 16.3. The second-order valence-electron chi connectivity index (χ2n) is 8.21. The molecule has 0 aliphatic carbocycles. The average molecular weight is 329 g/mol. The monoisotopic (exact) mass is 328 g/mol. The number of rotatable bonds is 11. The van der Waals surface area contributed by atoms with E-state index in [1.807, 2.05) is 0 Å². The van der Waals surface area contributed by atoms with E-state index in [9.17, 15) is 0 Å². The van der Waals surface area contributed by atoms with E-state index in [2.05, 4.69) is 44.4 Å². The molecule has 0 unspecified atom stereocenters. The molecule has 0 amide bonds. The van der Waals surface area contributed by atoms with E-state index in [0.717, 1.165) is 39.4 Å². The van der Waals surface area contributed by atoms with Crippen LogP contribution in [-0.2, 0) is 9.47 Å². The summed E-state index contributed by atoms with van der Waals surface area (Å²) >= 11 is 0. The summed E-state index contributed by atoms with van der Waals surface area (Å²) in [4.78, 5) is 5.05. The maximum atomic E-state index is 5.69. The van der Waals surface area contributed by atoms with Crippen molar-refractivity contribution in [1.29, 1.82) is 0 Å². The summed E-state index contributed by atoms with van der Waals surface area (Å²) in [6.07, 6.45) is 3.70. The van der Waals surface area contributed by atoms with Gasteiger partial charge in [0.1, 0.15) is 0 Å². The van der Waals surface area contributed by atoms with Gasteiger partial charge < -0.3 is 9.47 Å². The lowest BCUT2D eigenvalue weighted by Crippen LogP contribution is -2.49. The number of hydrogen-bond donors (Lipinski definition) is 0. The van der Waals surface area contributed by atoms with Crippen LogP contribution >= 0.6 is 0 Å². The van der Waals surface area contributed by atoms with Crippen molar-refractivity contribution in [2.24, 2.45) is 5.41 Å². The predicted octanol–water partition coefficient (Wildman–Crippen LogP) is 3.26. The van der Waals surface area contributed by atoms with Crippen LogP contribution in [0.1, 0.15) is 53.9 Å². The van der Waals surface area contributed by atoms with Gasteiger partial charge in [-0.05, 0) is 32.1 Å². The van der Waals surface area contributed by atoms with E-state index < -0.39 is 0 Å². The SMILES string of the molecule is CC(C)N1CCN(CCOCCOCCCCC(C)(C)C)CC1. The second kappa shape index (κ2) is 11.4. The van der Waals surface area contributed by atoms with Crippen molar-refractivity contribution < 1.29 is 9.47 Å². The second-order valence-corrected chi connectivity index (χ2v) is 8.21. The highest BCUT2D eigenvalue weighted by molar-refractivity contribution is 4.73. The van der Waals surface area contributed by atoms with Crippen LogP contribution in [0, 0.1) is 5.41 Å². The highest BCUT2D eigenvalue weighted by atomic mass is 16.5. The topological polar surface area (TPSA) is 24.9 Å². The van der Waals surface area contributed by atoms with Gasteiger partial charge in [0.15, 0.2) is 0 Å². The van der Waals surface area contributed by atoms with Gasteiger partial charge in [-0.3, -0.25) is 9.80 Å². The van der Waals surface area contributed by atoms with E-state index in [0.29, 0.717) is 11.5 Å². The standard InChI is InChI=1S/C19H40N2O2/c1-18(2)21-11-9-20(10-12-21)13-15-23-17-16-22-14-7-6-8-19(3,4)5/h18H,6-17H2,1-5H3. The van der Waals surface area contributed by atoms with Crippen LogP contribution in [0.3, 0.4) is 0 Å². The van der Waals surface area contributed by atoms with Gasteiger partial charge in [-0.15, -0.1) is 0 Å². The molecule has 1 saturated heterocycles. The molecule has 0 spiro atoms. The molecule has 1 aliphatic rings. The van der Waals surface area contributed by atoms with E-state index in [4.69, 9.17) is 9.47 Å². The molecule has 1 heterocycles. The molecule has 1 fully saturated rings. The first-order valence-corrected chi connectivity index (χ1v) is 9.50. The summed E-state index contributed by atoms with van der Waals surface area (Å²) in [5, 5.41) is 0. The fourth-order valence-corrected chi connectivity index (χ4v) is 2.88. The van der Waals surface area contributed by atoms with Crippen molar-refractivity contribution in [1.82, 2.24) is 9.80 Å². The summed E-state index contributed by atoms with van der Waals surface area (Å²) in [5.74, 6) is 0. The molecule has 138 valence electrons. The Morgan fingerprint density at radius 3 is 2.00 bits per heavy atom. The highest BCUT2D eigenvalue weighted by Gasteiger charge is 2.18. The summed E-state index contributed by atoms with van der Waals surface area (Å²) in [7, 11) is 0. The maximum absolute atomic E-state index is 5.69. The van der Waals surface area contributed by atoms with Crippen LogP contribution in [-0.4, -0.2) is 75.0 Å². The Bertz CT molecular complexity index is 282. The Morgan fingerprint density at radius 1 is 0.826 bits per heavy atom. The lowest BCUT2D eigenvalue weighted by atomic mass is 9.90. The van der Waals surface area contributed by atoms with Crippen LogP contribution in [0.25, 0.3) is 0 Å². The van der Waals surface area contributed by atoms with Crippen LogP contribution in [0.5, 0.6) is 0 Å². The molecule has 0 aromatic heterocycles. The minimum Gasteiger partial charge on any atom is -0.379 e. The molecule has 0 atom stereocenters. The van der Waals surface area contributed by atoms with E-state index in [1.165, 1.54) is 39.0 Å². The van der Waals surface area contributed by atoms with Crippen molar-refractivity contribution in [3.8, 4) is 0 Å². The quantitative estimate of drug-likeness (QED) is 0.544. The first kappa shape index (κ1) is 20.9. The smallest absolute Gasteiger partial charge is 0.0701 e. The molecule has 0 bridgehead atoms. The van der Waals surface area contributed by atoms with Gasteiger partial charge in [-0.2, -0.15) is 0 Å². The molecule has 1 aliphatic heterocycles. The molecule has 4 heteroatoms. The van der Waals surface area contributed by atoms with Crippen molar-refractivity contribution >= 4 is 0 Å². The maximum Gasteiger partial charge on any atom is 0.0701 e. The zero-order valence-electron chi connectivity index (χ0n) is 16.3. The van der Waals surface area contributed by atoms with Crippen LogP contribution in [0.15, 0.2) is 0 Å². The Balaban J connectivity index is 1.84. The van der Waals surface area contributed by atoms with Crippen LogP contribution in [0.4, 0.5) is 0 Å². The molecule has 4 nitrogen and oxygen atoms in total. The fraction of sp³-hybridized carbons (Fsp3) is 1.00. The van der Waals surface area contributed by atoms with Crippen molar-refractivity contribution in [3.63, 3.8) is 0 Å². The Kier molecular flexibility index (Phi) is 10.4. The lowest BCUT2D eigenvalue weighted by Gasteiger charge is -2.36. The number of unbranched alkanes of at least 4 members (excludes halogenated alkanes) is 1. The molecular weight excluding hydrogens is 288 g/mol. The average Bonchev–Trinajstić information content (AvgIpc) is 2.48. The molecule has 0 radical (unpaired) electrons. The lowest BCUT2D eigenvalue weighted by molar-refractivity contribution is 0.0282. The van der Waals surface area contributed by atoms with Crippen molar-refractivity contribution in [2.75, 3.05) is 59.2 Å². The number of piperazine rings is 1. The summed E-state index contributed by atoms with van der Waals surface area (Å²) < 4.78 is 11.3. The first-order chi connectivity index (χ1) is 10.9. The number of ether oxygens (including phenoxy) is 2.